The molecule has 0 aliphatic heterocycles. The molecular weight excluding hydrogens is 274 g/mol. The van der Waals surface area contributed by atoms with Crippen molar-refractivity contribution in [2.75, 3.05) is 19.8 Å². The Hall–Kier alpha value is -2.15. The van der Waals surface area contributed by atoms with Gasteiger partial charge in [0.2, 0.25) is 0 Å². The molecule has 21 heavy (non-hydrogen) atoms. The SMILES string of the molecule is C=CCOC(C)C(=O)OCC(=O)NCCCn1cccn1. The maximum Gasteiger partial charge on any atom is 0.335 e. The van der Waals surface area contributed by atoms with Gasteiger partial charge in [0.1, 0.15) is 0 Å². The number of esters is 1. The predicted octanol–water partition coefficient (Wildman–Crippen LogP) is 0.524. The highest BCUT2D eigenvalue weighted by Crippen LogP contribution is 1.95. The number of aromatic nitrogens is 2. The van der Waals surface area contributed by atoms with Crippen molar-refractivity contribution in [3.05, 3.63) is 31.1 Å². The molecule has 0 radical (unpaired) electrons. The summed E-state index contributed by atoms with van der Waals surface area (Å²) in [5, 5.41) is 6.72. The van der Waals surface area contributed by atoms with Gasteiger partial charge in [-0.1, -0.05) is 6.08 Å². The Bertz CT molecular complexity index is 445. The molecule has 0 fully saturated rings. The molecule has 1 aromatic heterocycles. The van der Waals surface area contributed by atoms with Crippen molar-refractivity contribution < 1.29 is 19.1 Å². The Morgan fingerprint density at radius 2 is 2.33 bits per heavy atom. The third kappa shape index (κ3) is 7.26. The minimum Gasteiger partial charge on any atom is -0.454 e. The average Bonchev–Trinajstić information content (AvgIpc) is 2.99. The van der Waals surface area contributed by atoms with Gasteiger partial charge in [-0.05, 0) is 19.4 Å². The van der Waals surface area contributed by atoms with Gasteiger partial charge < -0.3 is 14.8 Å². The average molecular weight is 295 g/mol. The summed E-state index contributed by atoms with van der Waals surface area (Å²) < 4.78 is 11.7. The van der Waals surface area contributed by atoms with Crippen LogP contribution in [0.4, 0.5) is 0 Å². The van der Waals surface area contributed by atoms with E-state index in [9.17, 15) is 9.59 Å². The molecule has 116 valence electrons. The van der Waals surface area contributed by atoms with Gasteiger partial charge in [0.05, 0.1) is 6.61 Å². The Morgan fingerprint density at radius 1 is 1.52 bits per heavy atom. The second kappa shape index (κ2) is 9.71. The van der Waals surface area contributed by atoms with Crippen LogP contribution in [0.2, 0.25) is 0 Å². The van der Waals surface area contributed by atoms with E-state index in [-0.39, 0.29) is 19.1 Å². The molecule has 0 aromatic carbocycles. The second-order valence-electron chi connectivity index (χ2n) is 4.34. The third-order valence-corrected chi connectivity index (χ3v) is 2.59. The van der Waals surface area contributed by atoms with Gasteiger partial charge in [-0.2, -0.15) is 5.10 Å². The van der Waals surface area contributed by atoms with E-state index in [4.69, 9.17) is 9.47 Å². The highest BCUT2D eigenvalue weighted by molar-refractivity contribution is 5.81. The molecule has 0 saturated heterocycles. The second-order valence-corrected chi connectivity index (χ2v) is 4.34. The van der Waals surface area contributed by atoms with Gasteiger partial charge in [-0.3, -0.25) is 9.48 Å². The maximum atomic E-state index is 11.5. The standard InChI is InChI=1S/C14H21N3O4/c1-3-10-20-12(2)14(19)21-11-13(18)15-6-4-8-17-9-5-7-16-17/h3,5,7,9,12H,1,4,6,8,10-11H2,2H3,(H,15,18). The van der Waals surface area contributed by atoms with Crippen LogP contribution in [0, 0.1) is 0 Å². The first-order chi connectivity index (χ1) is 10.1. The Kier molecular flexibility index (Phi) is 7.81. The first-order valence-electron chi connectivity index (χ1n) is 6.76. The lowest BCUT2D eigenvalue weighted by molar-refractivity contribution is -0.158. The summed E-state index contributed by atoms with van der Waals surface area (Å²) in [7, 11) is 0. The number of hydrogen-bond donors (Lipinski definition) is 1. The van der Waals surface area contributed by atoms with E-state index in [0.717, 1.165) is 13.0 Å². The third-order valence-electron chi connectivity index (χ3n) is 2.59. The summed E-state index contributed by atoms with van der Waals surface area (Å²) in [5.41, 5.74) is 0. The van der Waals surface area contributed by atoms with Crippen molar-refractivity contribution in [2.45, 2.75) is 26.0 Å². The zero-order valence-corrected chi connectivity index (χ0v) is 12.2. The smallest absolute Gasteiger partial charge is 0.335 e. The van der Waals surface area contributed by atoms with E-state index in [1.165, 1.54) is 6.08 Å². The molecule has 1 rings (SSSR count). The van der Waals surface area contributed by atoms with Crippen LogP contribution < -0.4 is 5.32 Å². The fraction of sp³-hybridized carbons (Fsp3) is 0.500. The summed E-state index contributed by atoms with van der Waals surface area (Å²) in [6.07, 6.45) is 5.13. The molecule has 1 N–H and O–H groups in total. The van der Waals surface area contributed by atoms with Gasteiger partial charge in [-0.25, -0.2) is 4.79 Å². The fourth-order valence-electron chi connectivity index (χ4n) is 1.49. The summed E-state index contributed by atoms with van der Waals surface area (Å²) in [4.78, 5) is 22.9. The van der Waals surface area contributed by atoms with Gasteiger partial charge >= 0.3 is 5.97 Å². The summed E-state index contributed by atoms with van der Waals surface area (Å²) >= 11 is 0. The lowest BCUT2D eigenvalue weighted by atomic mass is 10.4. The molecule has 0 aliphatic carbocycles. The normalized spacial score (nSPS) is 11.7. The largest absolute Gasteiger partial charge is 0.454 e. The van der Waals surface area contributed by atoms with Crippen LogP contribution in [0.15, 0.2) is 31.1 Å². The summed E-state index contributed by atoms with van der Waals surface area (Å²) in [6, 6.07) is 1.84. The van der Waals surface area contributed by atoms with Gasteiger partial charge in [-0.15, -0.1) is 6.58 Å². The van der Waals surface area contributed by atoms with Gasteiger partial charge in [0, 0.05) is 25.5 Å². The van der Waals surface area contributed by atoms with Crippen molar-refractivity contribution in [3.8, 4) is 0 Å². The molecule has 7 heteroatoms. The number of ether oxygens (including phenoxy) is 2. The lowest BCUT2D eigenvalue weighted by Gasteiger charge is -2.11. The molecule has 0 bridgehead atoms. The highest BCUT2D eigenvalue weighted by Gasteiger charge is 2.15. The zero-order chi connectivity index (χ0) is 15.5. The zero-order valence-electron chi connectivity index (χ0n) is 12.2. The monoisotopic (exact) mass is 295 g/mol. The van der Waals surface area contributed by atoms with Gasteiger partial charge in [0.15, 0.2) is 12.7 Å². The van der Waals surface area contributed by atoms with E-state index in [1.54, 1.807) is 17.8 Å². The minimum atomic E-state index is -0.712. The molecular formula is C14H21N3O4. The number of amides is 1. The van der Waals surface area contributed by atoms with Crippen molar-refractivity contribution in [3.63, 3.8) is 0 Å². The first kappa shape index (κ1) is 16.9. The van der Waals surface area contributed by atoms with Crippen molar-refractivity contribution >= 4 is 11.9 Å². The minimum absolute atomic E-state index is 0.260. The highest BCUT2D eigenvalue weighted by atomic mass is 16.6. The maximum absolute atomic E-state index is 11.5. The van der Waals surface area contributed by atoms with Crippen molar-refractivity contribution in [1.29, 1.82) is 0 Å². The number of nitrogens with one attached hydrogen (secondary N) is 1. The Morgan fingerprint density at radius 3 is 3.00 bits per heavy atom. The van der Waals surface area contributed by atoms with Crippen LogP contribution >= 0.6 is 0 Å². The van der Waals surface area contributed by atoms with E-state index >= 15 is 0 Å². The Balaban J connectivity index is 2.07. The van der Waals surface area contributed by atoms with Crippen molar-refractivity contribution in [2.24, 2.45) is 0 Å². The molecule has 0 spiro atoms. The van der Waals surface area contributed by atoms with E-state index < -0.39 is 12.1 Å². The van der Waals surface area contributed by atoms with E-state index in [1.807, 2.05) is 12.3 Å². The topological polar surface area (TPSA) is 82.5 Å². The van der Waals surface area contributed by atoms with Gasteiger partial charge in [0.25, 0.3) is 5.91 Å². The molecule has 1 amide bonds. The fourth-order valence-corrected chi connectivity index (χ4v) is 1.49. The number of carbonyl (C=O) groups excluding carboxylic acids is 2. The van der Waals surface area contributed by atoms with Crippen LogP contribution in [0.5, 0.6) is 0 Å². The lowest BCUT2D eigenvalue weighted by Crippen LogP contribution is -2.32. The number of nitrogens with zero attached hydrogens (tertiary/aromatic N) is 2. The van der Waals surface area contributed by atoms with Crippen molar-refractivity contribution in [1.82, 2.24) is 15.1 Å². The quantitative estimate of drug-likeness (QED) is 0.387. The number of carbonyl (C=O) groups is 2. The van der Waals surface area contributed by atoms with E-state index in [2.05, 4.69) is 17.0 Å². The molecule has 1 unspecified atom stereocenters. The summed E-state index contributed by atoms with van der Waals surface area (Å²) in [6.45, 7) is 6.22. The van der Waals surface area contributed by atoms with Crippen LogP contribution in [-0.2, 0) is 25.6 Å². The Labute approximate surface area is 123 Å². The molecule has 1 heterocycles. The number of rotatable bonds is 10. The van der Waals surface area contributed by atoms with Crippen LogP contribution in [0.1, 0.15) is 13.3 Å². The van der Waals surface area contributed by atoms with Crippen LogP contribution in [0.3, 0.4) is 0 Å². The molecule has 0 aliphatic rings. The predicted molar refractivity (Wildman–Crippen MR) is 76.4 cm³/mol. The molecule has 1 aromatic rings. The van der Waals surface area contributed by atoms with Crippen LogP contribution in [0.25, 0.3) is 0 Å². The van der Waals surface area contributed by atoms with E-state index in [0.29, 0.717) is 6.54 Å². The van der Waals surface area contributed by atoms with Crippen LogP contribution in [-0.4, -0.2) is 47.5 Å². The number of aryl methyl sites for hydroxylation is 1. The molecule has 0 saturated carbocycles. The first-order valence-corrected chi connectivity index (χ1v) is 6.76. The number of hydrogen-bond acceptors (Lipinski definition) is 5. The molecule has 7 nitrogen and oxygen atoms in total. The summed E-state index contributed by atoms with van der Waals surface area (Å²) in [5.74, 6) is -0.900. The molecule has 1 atom stereocenters.